The number of nitrogens with zero attached hydrogens (tertiary/aromatic N) is 1. The van der Waals surface area contributed by atoms with Gasteiger partial charge in [-0.1, -0.05) is 6.92 Å². The smallest absolute Gasteiger partial charge is 0.0417 e. The third kappa shape index (κ3) is 2.68. The second kappa shape index (κ2) is 5.43. The van der Waals surface area contributed by atoms with Gasteiger partial charge in [-0.2, -0.15) is 0 Å². The van der Waals surface area contributed by atoms with Gasteiger partial charge in [0.05, 0.1) is 0 Å². The van der Waals surface area contributed by atoms with Gasteiger partial charge < -0.3 is 5.32 Å². The van der Waals surface area contributed by atoms with Gasteiger partial charge in [0.2, 0.25) is 0 Å². The first-order valence-corrected chi connectivity index (χ1v) is 8.92. The van der Waals surface area contributed by atoms with Gasteiger partial charge in [-0.25, -0.2) is 0 Å². The van der Waals surface area contributed by atoms with Crippen LogP contribution >= 0.6 is 11.3 Å². The maximum Gasteiger partial charge on any atom is 0.0417 e. The molecule has 0 aromatic carbocycles. The van der Waals surface area contributed by atoms with Crippen LogP contribution in [0, 0.1) is 12.8 Å². The Kier molecular flexibility index (Phi) is 3.95. The molecule has 112 valence electrons. The Balaban J connectivity index is 1.79. The van der Waals surface area contributed by atoms with Crippen molar-refractivity contribution in [3.63, 3.8) is 0 Å². The molecule has 2 heterocycles. The van der Waals surface area contributed by atoms with E-state index in [4.69, 9.17) is 0 Å². The van der Waals surface area contributed by atoms with Crippen molar-refractivity contribution < 1.29 is 0 Å². The van der Waals surface area contributed by atoms with E-state index in [1.807, 2.05) is 11.3 Å². The molecule has 2 fully saturated rings. The molecule has 1 aromatic rings. The lowest BCUT2D eigenvalue weighted by atomic mass is 9.89. The minimum absolute atomic E-state index is 0.340. The van der Waals surface area contributed by atoms with Crippen LogP contribution in [0.15, 0.2) is 12.1 Å². The van der Waals surface area contributed by atoms with Crippen molar-refractivity contribution in [3.8, 4) is 0 Å². The number of aryl methyl sites for hydroxylation is 1. The quantitative estimate of drug-likeness (QED) is 0.903. The molecule has 20 heavy (non-hydrogen) atoms. The second-order valence-corrected chi connectivity index (χ2v) is 8.25. The molecule has 2 aliphatic rings. The normalized spacial score (nSPS) is 33.3. The SMILES string of the molecule is CCC1CNC(C)(C2CC2)CN1C(C)c1ccc(C)s1. The lowest BCUT2D eigenvalue weighted by Crippen LogP contribution is -2.64. The zero-order valence-corrected chi connectivity index (χ0v) is 14.1. The molecular weight excluding hydrogens is 264 g/mol. The molecule has 3 heteroatoms. The summed E-state index contributed by atoms with van der Waals surface area (Å²) in [7, 11) is 0. The first-order chi connectivity index (χ1) is 9.53. The lowest BCUT2D eigenvalue weighted by Gasteiger charge is -2.49. The van der Waals surface area contributed by atoms with E-state index in [9.17, 15) is 0 Å². The van der Waals surface area contributed by atoms with Crippen molar-refractivity contribution in [1.29, 1.82) is 0 Å². The van der Waals surface area contributed by atoms with E-state index in [0.717, 1.165) is 12.5 Å². The minimum atomic E-state index is 0.340. The van der Waals surface area contributed by atoms with Gasteiger partial charge in [0.1, 0.15) is 0 Å². The largest absolute Gasteiger partial charge is 0.308 e. The van der Waals surface area contributed by atoms with Crippen LogP contribution in [0.4, 0.5) is 0 Å². The maximum atomic E-state index is 3.86. The van der Waals surface area contributed by atoms with E-state index >= 15 is 0 Å². The Bertz CT molecular complexity index is 465. The molecule has 0 bridgehead atoms. The van der Waals surface area contributed by atoms with E-state index in [-0.39, 0.29) is 0 Å². The molecule has 0 spiro atoms. The first kappa shape index (κ1) is 14.6. The average molecular weight is 292 g/mol. The standard InChI is InChI=1S/C17H28N2S/c1-5-15-10-18-17(4,14-7-8-14)11-19(15)13(3)16-9-6-12(2)20-16/h6,9,13-15,18H,5,7-8,10-11H2,1-4H3. The molecule has 1 saturated carbocycles. The number of piperazine rings is 1. The fourth-order valence-electron chi connectivity index (χ4n) is 3.70. The molecule has 3 unspecified atom stereocenters. The summed E-state index contributed by atoms with van der Waals surface area (Å²) in [5, 5.41) is 3.86. The summed E-state index contributed by atoms with van der Waals surface area (Å²) in [5.74, 6) is 0.903. The number of rotatable bonds is 4. The number of thiophene rings is 1. The van der Waals surface area contributed by atoms with Gasteiger partial charge in [-0.05, 0) is 58.1 Å². The number of nitrogens with one attached hydrogen (secondary N) is 1. The highest BCUT2D eigenvalue weighted by molar-refractivity contribution is 7.12. The highest BCUT2D eigenvalue weighted by Crippen LogP contribution is 2.43. The van der Waals surface area contributed by atoms with Crippen LogP contribution in [-0.2, 0) is 0 Å². The Morgan fingerprint density at radius 1 is 1.45 bits per heavy atom. The van der Waals surface area contributed by atoms with Gasteiger partial charge in [0.25, 0.3) is 0 Å². The van der Waals surface area contributed by atoms with Gasteiger partial charge in [0, 0.05) is 40.5 Å². The highest BCUT2D eigenvalue weighted by atomic mass is 32.1. The highest BCUT2D eigenvalue weighted by Gasteiger charge is 2.46. The van der Waals surface area contributed by atoms with E-state index in [1.165, 1.54) is 35.6 Å². The summed E-state index contributed by atoms with van der Waals surface area (Å²) >= 11 is 1.96. The summed E-state index contributed by atoms with van der Waals surface area (Å²) in [6.45, 7) is 11.7. The summed E-state index contributed by atoms with van der Waals surface area (Å²) < 4.78 is 0. The maximum absolute atomic E-state index is 3.86. The van der Waals surface area contributed by atoms with Gasteiger partial charge in [-0.15, -0.1) is 11.3 Å². The van der Waals surface area contributed by atoms with E-state index in [1.54, 1.807) is 0 Å². The zero-order chi connectivity index (χ0) is 14.3. The van der Waals surface area contributed by atoms with Crippen molar-refractivity contribution in [1.82, 2.24) is 10.2 Å². The molecule has 0 amide bonds. The Morgan fingerprint density at radius 2 is 2.20 bits per heavy atom. The van der Waals surface area contributed by atoms with E-state index in [2.05, 4.69) is 50.0 Å². The van der Waals surface area contributed by atoms with Crippen molar-refractivity contribution in [2.75, 3.05) is 13.1 Å². The van der Waals surface area contributed by atoms with Crippen LogP contribution < -0.4 is 5.32 Å². The van der Waals surface area contributed by atoms with Crippen LogP contribution in [-0.4, -0.2) is 29.6 Å². The van der Waals surface area contributed by atoms with Gasteiger partial charge in [-0.3, -0.25) is 4.90 Å². The van der Waals surface area contributed by atoms with E-state index < -0.39 is 0 Å². The fraction of sp³-hybridized carbons (Fsp3) is 0.765. The summed E-state index contributed by atoms with van der Waals surface area (Å²) in [6, 6.07) is 5.83. The topological polar surface area (TPSA) is 15.3 Å². The van der Waals surface area contributed by atoms with Crippen molar-refractivity contribution in [2.45, 2.75) is 64.6 Å². The monoisotopic (exact) mass is 292 g/mol. The second-order valence-electron chi connectivity index (χ2n) is 6.93. The molecular formula is C17H28N2S. The molecule has 0 radical (unpaired) electrons. The predicted molar refractivity (Wildman–Crippen MR) is 87.4 cm³/mol. The molecule has 1 aromatic heterocycles. The predicted octanol–water partition coefficient (Wildman–Crippen LogP) is 3.97. The number of hydrogen-bond acceptors (Lipinski definition) is 3. The summed E-state index contributed by atoms with van der Waals surface area (Å²) in [5.41, 5.74) is 0.340. The van der Waals surface area contributed by atoms with Crippen LogP contribution in [0.3, 0.4) is 0 Å². The molecule has 2 nitrogen and oxygen atoms in total. The third-order valence-corrected chi connectivity index (χ3v) is 6.51. The number of hydrogen-bond donors (Lipinski definition) is 1. The minimum Gasteiger partial charge on any atom is -0.308 e. The Labute approximate surface area is 127 Å². The van der Waals surface area contributed by atoms with Crippen molar-refractivity contribution >= 4 is 11.3 Å². The molecule has 1 aliphatic heterocycles. The Morgan fingerprint density at radius 3 is 2.75 bits per heavy atom. The molecule has 1 aliphatic carbocycles. The van der Waals surface area contributed by atoms with Crippen LogP contribution in [0.25, 0.3) is 0 Å². The fourth-order valence-corrected chi connectivity index (χ4v) is 4.65. The van der Waals surface area contributed by atoms with Crippen molar-refractivity contribution in [3.05, 3.63) is 21.9 Å². The lowest BCUT2D eigenvalue weighted by molar-refractivity contribution is 0.0430. The van der Waals surface area contributed by atoms with Crippen LogP contribution in [0.5, 0.6) is 0 Å². The van der Waals surface area contributed by atoms with Crippen LogP contribution in [0.1, 0.15) is 55.8 Å². The molecule has 3 atom stereocenters. The summed E-state index contributed by atoms with van der Waals surface area (Å²) in [6.07, 6.45) is 4.07. The van der Waals surface area contributed by atoms with Gasteiger partial charge in [0.15, 0.2) is 0 Å². The van der Waals surface area contributed by atoms with Crippen molar-refractivity contribution in [2.24, 2.45) is 5.92 Å². The molecule has 3 rings (SSSR count). The summed E-state index contributed by atoms with van der Waals surface area (Å²) in [4.78, 5) is 5.72. The molecule has 1 saturated heterocycles. The Hall–Kier alpha value is -0.380. The van der Waals surface area contributed by atoms with Gasteiger partial charge >= 0.3 is 0 Å². The first-order valence-electron chi connectivity index (χ1n) is 8.10. The van der Waals surface area contributed by atoms with Crippen LogP contribution in [0.2, 0.25) is 0 Å². The molecule has 1 N–H and O–H groups in total. The third-order valence-electron chi connectivity index (χ3n) is 5.34. The average Bonchev–Trinajstić information content (AvgIpc) is 3.21. The zero-order valence-electron chi connectivity index (χ0n) is 13.3. The van der Waals surface area contributed by atoms with E-state index in [0.29, 0.717) is 17.6 Å².